The van der Waals surface area contributed by atoms with Crippen molar-refractivity contribution in [1.82, 2.24) is 5.32 Å². The molecule has 5 nitrogen and oxygen atoms in total. The summed E-state index contributed by atoms with van der Waals surface area (Å²) in [5.74, 6) is -2.04. The van der Waals surface area contributed by atoms with Gasteiger partial charge in [0.15, 0.2) is 0 Å². The molecule has 1 aromatic rings. The van der Waals surface area contributed by atoms with Gasteiger partial charge >= 0.3 is 5.97 Å². The lowest BCUT2D eigenvalue weighted by Gasteiger charge is -2.29. The number of carboxylic acid groups (broad SMARTS) is 1. The molecule has 1 unspecified atom stereocenters. The predicted molar refractivity (Wildman–Crippen MR) is 160 cm³/mol. The number of hydrogen-bond acceptors (Lipinski definition) is 4. The third-order valence-corrected chi connectivity index (χ3v) is 8.41. The Morgan fingerprint density at radius 2 is 2.10 bits per heavy atom. The highest BCUT2D eigenvalue weighted by Gasteiger charge is 2.32. The number of halogens is 1. The fourth-order valence-electron chi connectivity index (χ4n) is 5.87. The lowest BCUT2D eigenvalue weighted by Crippen LogP contribution is -2.24. The third kappa shape index (κ3) is 9.88. The van der Waals surface area contributed by atoms with E-state index in [2.05, 4.69) is 37.9 Å². The highest BCUT2D eigenvalue weighted by Crippen LogP contribution is 2.38. The molecule has 2 aliphatic heterocycles. The highest BCUT2D eigenvalue weighted by molar-refractivity contribution is 5.77. The van der Waals surface area contributed by atoms with Gasteiger partial charge in [-0.3, -0.25) is 4.79 Å². The third-order valence-electron chi connectivity index (χ3n) is 8.41. The van der Waals surface area contributed by atoms with Crippen molar-refractivity contribution >= 4 is 5.97 Å². The minimum atomic E-state index is -0.870. The SMILES string of the molecule is C=C(/C=C\C1=C(C)NCCC1)CCCCO[C@@H](CC)CC[C@@H](C)[C@H](C(=O)O)c1ccc(F)cc1C1CCCCO1. The van der Waals surface area contributed by atoms with Gasteiger partial charge in [-0.1, -0.05) is 44.2 Å². The summed E-state index contributed by atoms with van der Waals surface area (Å²) in [6.45, 7) is 12.8. The van der Waals surface area contributed by atoms with Crippen LogP contribution in [-0.2, 0) is 14.3 Å². The van der Waals surface area contributed by atoms with E-state index in [1.54, 1.807) is 6.07 Å². The van der Waals surface area contributed by atoms with E-state index in [4.69, 9.17) is 9.47 Å². The van der Waals surface area contributed by atoms with Crippen LogP contribution in [0.2, 0.25) is 0 Å². The number of benzene rings is 1. The van der Waals surface area contributed by atoms with Crippen LogP contribution >= 0.6 is 0 Å². The first-order valence-electron chi connectivity index (χ1n) is 15.3. The Morgan fingerprint density at radius 1 is 1.27 bits per heavy atom. The molecule has 4 atom stereocenters. The van der Waals surface area contributed by atoms with Crippen LogP contribution in [0.4, 0.5) is 4.39 Å². The second kappa shape index (κ2) is 16.7. The molecule has 3 rings (SSSR count). The van der Waals surface area contributed by atoms with Crippen LogP contribution in [0.25, 0.3) is 0 Å². The minimum absolute atomic E-state index is 0.100. The molecule has 2 aliphatic rings. The number of nitrogens with one attached hydrogen (secondary N) is 1. The van der Waals surface area contributed by atoms with E-state index in [-0.39, 0.29) is 23.9 Å². The summed E-state index contributed by atoms with van der Waals surface area (Å²) in [4.78, 5) is 12.4. The van der Waals surface area contributed by atoms with E-state index in [1.807, 2.05) is 6.92 Å². The van der Waals surface area contributed by atoms with Crippen molar-refractivity contribution < 1.29 is 23.8 Å². The summed E-state index contributed by atoms with van der Waals surface area (Å²) in [5.41, 5.74) is 5.17. The molecular weight excluding hydrogens is 505 g/mol. The second-order valence-corrected chi connectivity index (χ2v) is 11.5. The lowest BCUT2D eigenvalue weighted by atomic mass is 9.80. The number of carboxylic acids is 1. The largest absolute Gasteiger partial charge is 0.481 e. The molecule has 0 aliphatic carbocycles. The monoisotopic (exact) mass is 555 g/mol. The number of carbonyl (C=O) groups is 1. The van der Waals surface area contributed by atoms with Crippen molar-refractivity contribution in [3.8, 4) is 0 Å². The Bertz CT molecular complexity index is 1030. The summed E-state index contributed by atoms with van der Waals surface area (Å²) in [6, 6.07) is 4.50. The van der Waals surface area contributed by atoms with Crippen molar-refractivity contribution in [2.75, 3.05) is 19.8 Å². The van der Waals surface area contributed by atoms with Gasteiger partial charge < -0.3 is 19.9 Å². The standard InChI is InChI=1S/C34H50FNO4/c1-5-29(39-21-8-6-11-24(2)14-16-27-12-10-20-36-26(27)4)18-15-25(3)33(34(37)38)30-19-17-28(35)23-31(30)32-13-7-9-22-40-32/h14,16-17,19,23,25,29,32-33,36H,2,5-13,15,18,20-22H2,1,3-4H3,(H,37,38)/b16-14-/t25-,29+,32?,33+/m1/s1. The predicted octanol–water partition coefficient (Wildman–Crippen LogP) is 8.39. The fraction of sp³-hybridized carbons (Fsp3) is 0.618. The van der Waals surface area contributed by atoms with Crippen LogP contribution in [0.3, 0.4) is 0 Å². The van der Waals surface area contributed by atoms with Gasteiger partial charge in [-0.25, -0.2) is 4.39 Å². The fourth-order valence-corrected chi connectivity index (χ4v) is 5.87. The quantitative estimate of drug-likeness (QED) is 0.158. The maximum absolute atomic E-state index is 14.2. The lowest BCUT2D eigenvalue weighted by molar-refractivity contribution is -0.140. The van der Waals surface area contributed by atoms with Gasteiger partial charge in [-0.05, 0) is 112 Å². The normalized spacial score (nSPS) is 20.2. The molecule has 2 heterocycles. The van der Waals surface area contributed by atoms with Gasteiger partial charge in [0.25, 0.3) is 0 Å². The molecule has 0 aromatic heterocycles. The number of ether oxygens (including phenoxy) is 2. The molecule has 1 aromatic carbocycles. The van der Waals surface area contributed by atoms with Crippen LogP contribution < -0.4 is 5.32 Å². The molecule has 222 valence electrons. The molecule has 6 heteroatoms. The summed E-state index contributed by atoms with van der Waals surface area (Å²) < 4.78 is 26.3. The molecule has 0 saturated carbocycles. The molecule has 1 fully saturated rings. The molecule has 1 saturated heterocycles. The zero-order chi connectivity index (χ0) is 28.9. The van der Waals surface area contributed by atoms with Gasteiger partial charge in [0, 0.05) is 25.5 Å². The van der Waals surface area contributed by atoms with Crippen molar-refractivity contribution in [3.63, 3.8) is 0 Å². The van der Waals surface area contributed by atoms with Crippen molar-refractivity contribution in [3.05, 3.63) is 70.7 Å². The van der Waals surface area contributed by atoms with Crippen LogP contribution in [0.15, 0.2) is 53.8 Å². The van der Waals surface area contributed by atoms with Crippen molar-refractivity contribution in [2.24, 2.45) is 5.92 Å². The Kier molecular flexibility index (Phi) is 13.4. The van der Waals surface area contributed by atoms with Gasteiger partial charge in [0.1, 0.15) is 5.82 Å². The second-order valence-electron chi connectivity index (χ2n) is 11.5. The van der Waals surface area contributed by atoms with Crippen LogP contribution in [0.1, 0.15) is 115 Å². The van der Waals surface area contributed by atoms with Gasteiger partial charge in [0.05, 0.1) is 18.1 Å². The number of allylic oxidation sites excluding steroid dienone is 5. The van der Waals surface area contributed by atoms with Crippen LogP contribution in [0.5, 0.6) is 0 Å². The summed E-state index contributed by atoms with van der Waals surface area (Å²) in [6.07, 6.45) is 14.7. The summed E-state index contributed by atoms with van der Waals surface area (Å²) in [7, 11) is 0. The number of rotatable bonds is 16. The molecule has 0 spiro atoms. The highest BCUT2D eigenvalue weighted by atomic mass is 19.1. The Hall–Kier alpha value is -2.44. The van der Waals surface area contributed by atoms with Gasteiger partial charge in [-0.15, -0.1) is 0 Å². The maximum atomic E-state index is 14.2. The molecule has 0 bridgehead atoms. The first kappa shape index (κ1) is 32.1. The van der Waals surface area contributed by atoms with E-state index in [0.29, 0.717) is 24.3 Å². The molecule has 0 radical (unpaired) electrons. The zero-order valence-corrected chi connectivity index (χ0v) is 24.9. The first-order valence-corrected chi connectivity index (χ1v) is 15.3. The Morgan fingerprint density at radius 3 is 2.80 bits per heavy atom. The first-order chi connectivity index (χ1) is 19.3. The maximum Gasteiger partial charge on any atom is 0.311 e. The smallest absolute Gasteiger partial charge is 0.311 e. The molecule has 0 amide bonds. The number of hydrogen-bond donors (Lipinski definition) is 2. The number of aliphatic carboxylic acids is 1. The average molecular weight is 556 g/mol. The van der Waals surface area contributed by atoms with E-state index in [1.165, 1.54) is 29.8 Å². The molecule has 2 N–H and O–H groups in total. The van der Waals surface area contributed by atoms with Gasteiger partial charge in [0.2, 0.25) is 0 Å². The van der Waals surface area contributed by atoms with Gasteiger partial charge in [-0.2, -0.15) is 0 Å². The van der Waals surface area contributed by atoms with E-state index >= 15 is 0 Å². The summed E-state index contributed by atoms with van der Waals surface area (Å²) >= 11 is 0. The molecule has 40 heavy (non-hydrogen) atoms. The zero-order valence-electron chi connectivity index (χ0n) is 24.9. The summed E-state index contributed by atoms with van der Waals surface area (Å²) in [5, 5.41) is 13.6. The molecular formula is C34H50FNO4. The topological polar surface area (TPSA) is 67.8 Å². The van der Waals surface area contributed by atoms with Crippen LogP contribution in [0, 0.1) is 11.7 Å². The van der Waals surface area contributed by atoms with Crippen molar-refractivity contribution in [2.45, 2.75) is 110 Å². The van der Waals surface area contributed by atoms with Crippen LogP contribution in [-0.4, -0.2) is 36.9 Å². The van der Waals surface area contributed by atoms with E-state index in [0.717, 1.165) is 76.3 Å². The Labute approximate surface area is 240 Å². The number of unbranched alkanes of at least 4 members (excludes halogenated alkanes) is 1. The van der Waals surface area contributed by atoms with E-state index < -0.39 is 11.9 Å². The average Bonchev–Trinajstić information content (AvgIpc) is 2.95. The minimum Gasteiger partial charge on any atom is -0.481 e. The van der Waals surface area contributed by atoms with Crippen molar-refractivity contribution in [1.29, 1.82) is 0 Å². The Balaban J connectivity index is 1.46. The van der Waals surface area contributed by atoms with E-state index in [9.17, 15) is 14.3 Å².